The summed E-state index contributed by atoms with van der Waals surface area (Å²) in [4.78, 5) is 1.43. The number of benzene rings is 2. The maximum absolute atomic E-state index is 6.23. The van der Waals surface area contributed by atoms with Crippen LogP contribution in [0.4, 0.5) is 5.69 Å². The zero-order valence-electron chi connectivity index (χ0n) is 11.5. The van der Waals surface area contributed by atoms with Gasteiger partial charge in [0.15, 0.2) is 0 Å². The zero-order chi connectivity index (χ0) is 13.9. The number of anilines is 1. The van der Waals surface area contributed by atoms with E-state index >= 15 is 0 Å². The number of hydrogen-bond donors (Lipinski definition) is 1. The summed E-state index contributed by atoms with van der Waals surface area (Å²) in [6.07, 6.45) is 1.15. The number of rotatable bonds is 4. The van der Waals surface area contributed by atoms with E-state index in [0.29, 0.717) is 5.25 Å². The molecule has 0 radical (unpaired) electrons. The van der Waals surface area contributed by atoms with Gasteiger partial charge in [-0.25, -0.2) is 0 Å². The van der Waals surface area contributed by atoms with Crippen molar-refractivity contribution in [3.63, 3.8) is 0 Å². The van der Waals surface area contributed by atoms with Crippen LogP contribution in [0.25, 0.3) is 0 Å². The van der Waals surface area contributed by atoms with Crippen LogP contribution in [0, 0.1) is 0 Å². The first kappa shape index (κ1) is 13.8. The Morgan fingerprint density at radius 1 is 1.20 bits per heavy atom. The van der Waals surface area contributed by atoms with Crippen molar-refractivity contribution in [1.82, 2.24) is 0 Å². The van der Waals surface area contributed by atoms with Crippen LogP contribution >= 0.6 is 23.4 Å². The highest BCUT2D eigenvalue weighted by molar-refractivity contribution is 8.00. The van der Waals surface area contributed by atoms with Gasteiger partial charge < -0.3 is 5.32 Å². The first-order chi connectivity index (χ1) is 9.74. The Kier molecular flexibility index (Phi) is 4.23. The van der Waals surface area contributed by atoms with Crippen molar-refractivity contribution in [2.45, 2.75) is 28.9 Å². The standard InChI is InChI=1S/C17H18ClNS/c1-12(18)15-7-3-4-8-16(15)19-11-14-10-13-6-2-5-9-17(13)20-14/h2-9,12,14,19H,10-11H2,1H3. The average molecular weight is 304 g/mol. The van der Waals surface area contributed by atoms with Crippen LogP contribution in [0.5, 0.6) is 0 Å². The summed E-state index contributed by atoms with van der Waals surface area (Å²) >= 11 is 8.21. The number of fused-ring (bicyclic) bond motifs is 1. The van der Waals surface area contributed by atoms with E-state index in [2.05, 4.69) is 47.8 Å². The van der Waals surface area contributed by atoms with Gasteiger partial charge in [0.05, 0.1) is 5.38 Å². The smallest absolute Gasteiger partial charge is 0.0577 e. The van der Waals surface area contributed by atoms with E-state index in [0.717, 1.165) is 18.7 Å². The summed E-state index contributed by atoms with van der Waals surface area (Å²) in [5, 5.41) is 4.20. The molecule has 2 atom stereocenters. The van der Waals surface area contributed by atoms with Gasteiger partial charge in [0.25, 0.3) is 0 Å². The van der Waals surface area contributed by atoms with Gasteiger partial charge in [-0.05, 0) is 36.6 Å². The molecule has 104 valence electrons. The van der Waals surface area contributed by atoms with Gasteiger partial charge in [-0.3, -0.25) is 0 Å². The number of nitrogens with one attached hydrogen (secondary N) is 1. The fourth-order valence-electron chi connectivity index (χ4n) is 2.60. The Morgan fingerprint density at radius 2 is 1.95 bits per heavy atom. The van der Waals surface area contributed by atoms with Crippen molar-refractivity contribution in [2.75, 3.05) is 11.9 Å². The summed E-state index contributed by atoms with van der Waals surface area (Å²) in [5.41, 5.74) is 3.81. The molecule has 3 heteroatoms. The van der Waals surface area contributed by atoms with E-state index in [1.54, 1.807) is 0 Å². The monoisotopic (exact) mass is 303 g/mol. The number of para-hydroxylation sites is 1. The third kappa shape index (κ3) is 2.97. The van der Waals surface area contributed by atoms with Crippen LogP contribution in [0.15, 0.2) is 53.4 Å². The van der Waals surface area contributed by atoms with E-state index < -0.39 is 0 Å². The third-order valence-corrected chi connectivity index (χ3v) is 5.18. The number of halogens is 1. The molecular formula is C17H18ClNS. The molecule has 0 amide bonds. The molecule has 0 bridgehead atoms. The van der Waals surface area contributed by atoms with Crippen molar-refractivity contribution >= 4 is 29.1 Å². The quantitative estimate of drug-likeness (QED) is 0.787. The summed E-state index contributed by atoms with van der Waals surface area (Å²) in [7, 11) is 0. The van der Waals surface area contributed by atoms with Crippen molar-refractivity contribution in [3.05, 3.63) is 59.7 Å². The molecule has 2 unspecified atom stereocenters. The van der Waals surface area contributed by atoms with E-state index in [1.165, 1.54) is 16.0 Å². The minimum absolute atomic E-state index is 0.0344. The predicted molar refractivity (Wildman–Crippen MR) is 89.0 cm³/mol. The lowest BCUT2D eigenvalue weighted by Crippen LogP contribution is -2.16. The molecule has 1 N–H and O–H groups in total. The van der Waals surface area contributed by atoms with Crippen LogP contribution in [0.3, 0.4) is 0 Å². The van der Waals surface area contributed by atoms with Crippen LogP contribution in [0.2, 0.25) is 0 Å². The fourth-order valence-corrected chi connectivity index (χ4v) is 4.04. The van der Waals surface area contributed by atoms with Gasteiger partial charge in [-0.1, -0.05) is 36.4 Å². The van der Waals surface area contributed by atoms with E-state index in [4.69, 9.17) is 11.6 Å². The summed E-state index contributed by atoms with van der Waals surface area (Å²) in [5.74, 6) is 0. The molecule has 1 aliphatic rings. The fraction of sp³-hybridized carbons (Fsp3) is 0.294. The number of thioether (sulfide) groups is 1. The summed E-state index contributed by atoms with van der Waals surface area (Å²) in [6.45, 7) is 2.99. The number of hydrogen-bond acceptors (Lipinski definition) is 2. The molecule has 0 aromatic heterocycles. The molecule has 0 spiro atoms. The Morgan fingerprint density at radius 3 is 2.75 bits per heavy atom. The first-order valence-electron chi connectivity index (χ1n) is 6.95. The van der Waals surface area contributed by atoms with Crippen LogP contribution < -0.4 is 5.32 Å². The Balaban J connectivity index is 1.65. The largest absolute Gasteiger partial charge is 0.384 e. The Hall–Kier alpha value is -1.12. The molecule has 0 aliphatic carbocycles. The molecule has 1 nitrogen and oxygen atoms in total. The van der Waals surface area contributed by atoms with Crippen LogP contribution in [-0.4, -0.2) is 11.8 Å². The maximum Gasteiger partial charge on any atom is 0.0577 e. The molecule has 0 saturated heterocycles. The molecular weight excluding hydrogens is 286 g/mol. The SMILES string of the molecule is CC(Cl)c1ccccc1NCC1Cc2ccccc2S1. The molecule has 1 heterocycles. The molecule has 0 fully saturated rings. The Labute approximate surface area is 129 Å². The van der Waals surface area contributed by atoms with Crippen molar-refractivity contribution < 1.29 is 0 Å². The van der Waals surface area contributed by atoms with Crippen molar-refractivity contribution in [3.8, 4) is 0 Å². The van der Waals surface area contributed by atoms with Gasteiger partial charge >= 0.3 is 0 Å². The maximum atomic E-state index is 6.23. The zero-order valence-corrected chi connectivity index (χ0v) is 13.0. The lowest BCUT2D eigenvalue weighted by atomic mass is 10.1. The topological polar surface area (TPSA) is 12.0 Å². The van der Waals surface area contributed by atoms with Gasteiger partial charge in [0.1, 0.15) is 0 Å². The third-order valence-electron chi connectivity index (χ3n) is 3.62. The van der Waals surface area contributed by atoms with E-state index in [9.17, 15) is 0 Å². The second-order valence-electron chi connectivity index (χ2n) is 5.14. The average Bonchev–Trinajstić information content (AvgIpc) is 2.88. The van der Waals surface area contributed by atoms with Crippen LogP contribution in [0.1, 0.15) is 23.4 Å². The lowest BCUT2D eigenvalue weighted by Gasteiger charge is -2.16. The van der Waals surface area contributed by atoms with E-state index in [-0.39, 0.29) is 5.38 Å². The predicted octanol–water partition coefficient (Wildman–Crippen LogP) is 5.12. The second-order valence-corrected chi connectivity index (χ2v) is 7.13. The molecule has 2 aromatic carbocycles. The van der Waals surface area contributed by atoms with Crippen LogP contribution in [-0.2, 0) is 6.42 Å². The normalized spacial score (nSPS) is 18.6. The highest BCUT2D eigenvalue weighted by Gasteiger charge is 2.21. The minimum atomic E-state index is 0.0344. The highest BCUT2D eigenvalue weighted by Crippen LogP contribution is 2.37. The van der Waals surface area contributed by atoms with Crippen molar-refractivity contribution in [2.24, 2.45) is 0 Å². The van der Waals surface area contributed by atoms with Gasteiger partial charge in [0.2, 0.25) is 0 Å². The molecule has 3 rings (SSSR count). The Bertz CT molecular complexity index is 572. The molecule has 1 aliphatic heterocycles. The molecule has 2 aromatic rings. The second kappa shape index (κ2) is 6.11. The van der Waals surface area contributed by atoms with E-state index in [1.807, 2.05) is 24.8 Å². The molecule has 0 saturated carbocycles. The minimum Gasteiger partial charge on any atom is -0.384 e. The van der Waals surface area contributed by atoms with Gasteiger partial charge in [0, 0.05) is 22.4 Å². The summed E-state index contributed by atoms with van der Waals surface area (Å²) in [6, 6.07) is 17.0. The van der Waals surface area contributed by atoms with Gasteiger partial charge in [-0.2, -0.15) is 0 Å². The first-order valence-corrected chi connectivity index (χ1v) is 8.27. The molecule has 20 heavy (non-hydrogen) atoms. The number of alkyl halides is 1. The lowest BCUT2D eigenvalue weighted by molar-refractivity contribution is 0.896. The van der Waals surface area contributed by atoms with Gasteiger partial charge in [-0.15, -0.1) is 23.4 Å². The highest BCUT2D eigenvalue weighted by atomic mass is 35.5. The summed E-state index contributed by atoms with van der Waals surface area (Å²) < 4.78 is 0. The van der Waals surface area contributed by atoms with Crippen molar-refractivity contribution in [1.29, 1.82) is 0 Å².